The fourth-order valence-electron chi connectivity index (χ4n) is 2.03. The molecule has 6 heteroatoms. The highest BCUT2D eigenvalue weighted by Crippen LogP contribution is 2.14. The average Bonchev–Trinajstić information content (AvgIpc) is 2.78. The third-order valence-electron chi connectivity index (χ3n) is 3.05. The second-order valence-corrected chi connectivity index (χ2v) is 4.65. The number of carbonyl (C=O) groups is 2. The largest absolute Gasteiger partial charge is 0.469 e. The third-order valence-corrected chi connectivity index (χ3v) is 3.05. The van der Waals surface area contributed by atoms with Crippen molar-refractivity contribution >= 4 is 24.3 Å². The van der Waals surface area contributed by atoms with Gasteiger partial charge in [0.05, 0.1) is 13.5 Å². The van der Waals surface area contributed by atoms with Gasteiger partial charge < -0.3 is 15.4 Å². The van der Waals surface area contributed by atoms with E-state index in [0.717, 1.165) is 25.9 Å². The molecule has 0 aliphatic carbocycles. The van der Waals surface area contributed by atoms with Gasteiger partial charge in [-0.05, 0) is 38.8 Å². The van der Waals surface area contributed by atoms with Crippen LogP contribution in [0.15, 0.2) is 0 Å². The molecule has 1 aliphatic heterocycles. The zero-order valence-electron chi connectivity index (χ0n) is 11.0. The first-order valence-corrected chi connectivity index (χ1v) is 6.18. The standard InChI is InChI=1S/C12H22N2O3.ClH/c1-9(7-12(16)17-2)14-11(15)4-3-10-5-6-13-8-10;/h9-10,13H,3-8H2,1-2H3,(H,14,15);1H. The Morgan fingerprint density at radius 3 is 2.78 bits per heavy atom. The van der Waals surface area contributed by atoms with Crippen molar-refractivity contribution in [1.82, 2.24) is 10.6 Å². The Hall–Kier alpha value is -0.810. The van der Waals surface area contributed by atoms with Crippen LogP contribution in [0.25, 0.3) is 0 Å². The molecule has 2 unspecified atom stereocenters. The topological polar surface area (TPSA) is 67.4 Å². The van der Waals surface area contributed by atoms with Crippen molar-refractivity contribution in [3.63, 3.8) is 0 Å². The van der Waals surface area contributed by atoms with E-state index in [0.29, 0.717) is 12.3 Å². The molecular formula is C12H23ClN2O3. The maximum Gasteiger partial charge on any atom is 0.307 e. The van der Waals surface area contributed by atoms with E-state index in [-0.39, 0.29) is 36.7 Å². The number of esters is 1. The summed E-state index contributed by atoms with van der Waals surface area (Å²) in [5.41, 5.74) is 0. The Morgan fingerprint density at radius 2 is 2.22 bits per heavy atom. The zero-order valence-corrected chi connectivity index (χ0v) is 11.8. The van der Waals surface area contributed by atoms with Gasteiger partial charge >= 0.3 is 5.97 Å². The lowest BCUT2D eigenvalue weighted by atomic mass is 10.0. The number of hydrogen-bond acceptors (Lipinski definition) is 4. The van der Waals surface area contributed by atoms with E-state index in [4.69, 9.17) is 0 Å². The van der Waals surface area contributed by atoms with Crippen molar-refractivity contribution in [2.45, 2.75) is 38.6 Å². The normalized spacial score (nSPS) is 19.8. The van der Waals surface area contributed by atoms with E-state index < -0.39 is 0 Å². The first-order valence-electron chi connectivity index (χ1n) is 6.18. The summed E-state index contributed by atoms with van der Waals surface area (Å²) in [4.78, 5) is 22.6. The Kier molecular flexibility index (Phi) is 8.75. The van der Waals surface area contributed by atoms with Gasteiger partial charge in [-0.25, -0.2) is 0 Å². The summed E-state index contributed by atoms with van der Waals surface area (Å²) in [6.45, 7) is 3.89. The van der Waals surface area contributed by atoms with E-state index >= 15 is 0 Å². The van der Waals surface area contributed by atoms with Crippen molar-refractivity contribution < 1.29 is 14.3 Å². The van der Waals surface area contributed by atoms with E-state index in [1.807, 2.05) is 6.92 Å². The van der Waals surface area contributed by atoms with Gasteiger partial charge in [-0.2, -0.15) is 0 Å². The highest BCUT2D eigenvalue weighted by atomic mass is 35.5. The van der Waals surface area contributed by atoms with Gasteiger partial charge in [0.1, 0.15) is 0 Å². The molecule has 0 aromatic rings. The summed E-state index contributed by atoms with van der Waals surface area (Å²) in [6.07, 6.45) is 2.85. The van der Waals surface area contributed by atoms with E-state index in [1.165, 1.54) is 7.11 Å². The molecule has 1 heterocycles. The molecule has 2 N–H and O–H groups in total. The molecular weight excluding hydrogens is 256 g/mol. The molecule has 0 aromatic heterocycles. The monoisotopic (exact) mass is 278 g/mol. The molecule has 0 bridgehead atoms. The minimum absolute atomic E-state index is 0. The summed E-state index contributed by atoms with van der Waals surface area (Å²) in [7, 11) is 1.35. The smallest absolute Gasteiger partial charge is 0.307 e. The third kappa shape index (κ3) is 6.81. The van der Waals surface area contributed by atoms with E-state index in [9.17, 15) is 9.59 Å². The molecule has 1 amide bonds. The molecule has 1 aliphatic rings. The van der Waals surface area contributed by atoms with Crippen LogP contribution in [0.3, 0.4) is 0 Å². The number of halogens is 1. The minimum Gasteiger partial charge on any atom is -0.469 e. The van der Waals surface area contributed by atoms with Gasteiger partial charge in [0.25, 0.3) is 0 Å². The first kappa shape index (κ1) is 17.2. The Labute approximate surface area is 114 Å². The van der Waals surface area contributed by atoms with Crippen LogP contribution in [0.5, 0.6) is 0 Å². The van der Waals surface area contributed by atoms with Crippen LogP contribution >= 0.6 is 12.4 Å². The predicted octanol–water partition coefficient (Wildman–Crippen LogP) is 0.866. The van der Waals surface area contributed by atoms with Crippen molar-refractivity contribution in [2.75, 3.05) is 20.2 Å². The quantitative estimate of drug-likeness (QED) is 0.708. The molecule has 0 aromatic carbocycles. The molecule has 0 radical (unpaired) electrons. The SMILES string of the molecule is COC(=O)CC(C)NC(=O)CCC1CCNC1.Cl. The molecule has 0 spiro atoms. The number of carbonyl (C=O) groups excluding carboxylic acids is 2. The number of ether oxygens (including phenoxy) is 1. The fraction of sp³-hybridized carbons (Fsp3) is 0.833. The van der Waals surface area contributed by atoms with Crippen LogP contribution in [-0.4, -0.2) is 38.1 Å². The highest BCUT2D eigenvalue weighted by Gasteiger charge is 2.17. The second kappa shape index (κ2) is 9.16. The maximum atomic E-state index is 11.6. The summed E-state index contributed by atoms with van der Waals surface area (Å²) >= 11 is 0. The van der Waals surface area contributed by atoms with E-state index in [2.05, 4.69) is 15.4 Å². The molecule has 1 fully saturated rings. The number of methoxy groups -OCH3 is 1. The van der Waals surface area contributed by atoms with Crippen LogP contribution in [-0.2, 0) is 14.3 Å². The van der Waals surface area contributed by atoms with Crippen molar-refractivity contribution in [2.24, 2.45) is 5.92 Å². The van der Waals surface area contributed by atoms with Crippen LogP contribution in [0, 0.1) is 5.92 Å². The number of amides is 1. The van der Waals surface area contributed by atoms with Gasteiger partial charge in [0.15, 0.2) is 0 Å². The summed E-state index contributed by atoms with van der Waals surface area (Å²) in [5, 5.41) is 6.09. The Bertz CT molecular complexity index is 268. The van der Waals surface area contributed by atoms with Crippen LogP contribution < -0.4 is 10.6 Å². The second-order valence-electron chi connectivity index (χ2n) is 4.65. The summed E-state index contributed by atoms with van der Waals surface area (Å²) in [5.74, 6) is 0.350. The molecule has 1 rings (SSSR count). The molecule has 18 heavy (non-hydrogen) atoms. The summed E-state index contributed by atoms with van der Waals surface area (Å²) in [6, 6.07) is -0.156. The fourth-order valence-corrected chi connectivity index (χ4v) is 2.03. The van der Waals surface area contributed by atoms with Crippen LogP contribution in [0.2, 0.25) is 0 Å². The van der Waals surface area contributed by atoms with Gasteiger partial charge in [-0.1, -0.05) is 0 Å². The van der Waals surface area contributed by atoms with E-state index in [1.54, 1.807) is 0 Å². The molecule has 0 saturated carbocycles. The van der Waals surface area contributed by atoms with Gasteiger partial charge in [0.2, 0.25) is 5.91 Å². The molecule has 2 atom stereocenters. The Morgan fingerprint density at radius 1 is 1.50 bits per heavy atom. The molecule has 5 nitrogen and oxygen atoms in total. The Balaban J connectivity index is 0.00000289. The molecule has 106 valence electrons. The van der Waals surface area contributed by atoms with Crippen molar-refractivity contribution in [1.29, 1.82) is 0 Å². The average molecular weight is 279 g/mol. The van der Waals surface area contributed by atoms with Crippen molar-refractivity contribution in [3.8, 4) is 0 Å². The number of hydrogen-bond donors (Lipinski definition) is 2. The van der Waals surface area contributed by atoms with Gasteiger partial charge in [-0.3, -0.25) is 9.59 Å². The number of rotatable bonds is 6. The number of nitrogens with one attached hydrogen (secondary N) is 2. The van der Waals surface area contributed by atoms with Crippen LogP contribution in [0.1, 0.15) is 32.6 Å². The predicted molar refractivity (Wildman–Crippen MR) is 71.7 cm³/mol. The van der Waals surface area contributed by atoms with Crippen molar-refractivity contribution in [3.05, 3.63) is 0 Å². The van der Waals surface area contributed by atoms with Gasteiger partial charge in [0, 0.05) is 12.5 Å². The first-order chi connectivity index (χ1) is 8.11. The lowest BCUT2D eigenvalue weighted by molar-refractivity contribution is -0.141. The minimum atomic E-state index is -0.294. The van der Waals surface area contributed by atoms with Gasteiger partial charge in [-0.15, -0.1) is 12.4 Å². The lowest BCUT2D eigenvalue weighted by Crippen LogP contribution is -2.34. The lowest BCUT2D eigenvalue weighted by Gasteiger charge is -2.13. The van der Waals surface area contributed by atoms with Crippen LogP contribution in [0.4, 0.5) is 0 Å². The molecule has 1 saturated heterocycles. The summed E-state index contributed by atoms with van der Waals surface area (Å²) < 4.78 is 4.55. The maximum absolute atomic E-state index is 11.6. The highest BCUT2D eigenvalue weighted by molar-refractivity contribution is 5.85. The zero-order chi connectivity index (χ0) is 12.7.